The van der Waals surface area contributed by atoms with E-state index in [1.165, 1.54) is 48.4 Å². The summed E-state index contributed by atoms with van der Waals surface area (Å²) >= 11 is 0. The molecule has 214 valence electrons. The number of amides is 2. The van der Waals surface area contributed by atoms with Crippen molar-refractivity contribution < 1.29 is 27.1 Å². The lowest BCUT2D eigenvalue weighted by molar-refractivity contribution is -0.140. The third-order valence-electron chi connectivity index (χ3n) is 6.62. The number of benzene rings is 3. The van der Waals surface area contributed by atoms with Crippen molar-refractivity contribution in [3.05, 3.63) is 90.2 Å². The van der Waals surface area contributed by atoms with Crippen LogP contribution in [0.15, 0.2) is 83.8 Å². The average molecular weight is 570 g/mol. The van der Waals surface area contributed by atoms with Crippen LogP contribution in [0.2, 0.25) is 0 Å². The van der Waals surface area contributed by atoms with Crippen LogP contribution in [-0.4, -0.2) is 50.9 Å². The number of rotatable bonds is 13. The molecule has 0 saturated heterocycles. The molecule has 0 unspecified atom stereocenters. The number of sulfonamides is 1. The van der Waals surface area contributed by atoms with Crippen molar-refractivity contribution in [3.63, 3.8) is 0 Å². The number of halogens is 1. The summed E-state index contributed by atoms with van der Waals surface area (Å²) < 4.78 is 47.4. The van der Waals surface area contributed by atoms with E-state index >= 15 is 0 Å². The van der Waals surface area contributed by atoms with E-state index in [9.17, 15) is 22.4 Å². The normalized spacial score (nSPS) is 12.7. The van der Waals surface area contributed by atoms with E-state index in [1.807, 2.05) is 13.8 Å². The Balaban J connectivity index is 2.04. The van der Waals surface area contributed by atoms with Gasteiger partial charge in [0.25, 0.3) is 10.0 Å². The number of carbonyl (C=O) groups is 2. The van der Waals surface area contributed by atoms with Gasteiger partial charge in [-0.1, -0.05) is 44.2 Å². The molecule has 1 N–H and O–H groups in total. The van der Waals surface area contributed by atoms with Gasteiger partial charge in [0.05, 0.1) is 17.7 Å². The molecule has 0 saturated carbocycles. The first-order valence-corrected chi connectivity index (χ1v) is 14.6. The number of hydrogen-bond donors (Lipinski definition) is 1. The molecule has 2 amide bonds. The van der Waals surface area contributed by atoms with E-state index in [0.29, 0.717) is 24.2 Å². The van der Waals surface area contributed by atoms with Crippen molar-refractivity contribution >= 4 is 27.5 Å². The number of hydrogen-bond acceptors (Lipinski definition) is 5. The molecule has 40 heavy (non-hydrogen) atoms. The van der Waals surface area contributed by atoms with Crippen LogP contribution in [0.5, 0.6) is 5.75 Å². The van der Waals surface area contributed by atoms with Gasteiger partial charge < -0.3 is 15.0 Å². The van der Waals surface area contributed by atoms with E-state index < -0.39 is 34.3 Å². The van der Waals surface area contributed by atoms with Crippen molar-refractivity contribution in [3.8, 4) is 5.75 Å². The van der Waals surface area contributed by atoms with Gasteiger partial charge in [0.2, 0.25) is 11.8 Å². The summed E-state index contributed by atoms with van der Waals surface area (Å²) in [7, 11) is -2.66. The minimum Gasteiger partial charge on any atom is -0.497 e. The van der Waals surface area contributed by atoms with Crippen molar-refractivity contribution in [1.82, 2.24) is 10.2 Å². The van der Waals surface area contributed by atoms with Gasteiger partial charge in [0.1, 0.15) is 24.2 Å². The highest BCUT2D eigenvalue weighted by atomic mass is 32.2. The maximum Gasteiger partial charge on any atom is 0.264 e. The molecule has 8 nitrogen and oxygen atoms in total. The summed E-state index contributed by atoms with van der Waals surface area (Å²) in [5.74, 6) is -0.819. The van der Waals surface area contributed by atoms with Crippen LogP contribution in [0.1, 0.15) is 39.2 Å². The fourth-order valence-corrected chi connectivity index (χ4v) is 5.58. The summed E-state index contributed by atoms with van der Waals surface area (Å²) in [4.78, 5) is 28.7. The second kappa shape index (κ2) is 13.9. The summed E-state index contributed by atoms with van der Waals surface area (Å²) in [6.07, 6.45) is 0.998. The minimum atomic E-state index is -4.16. The molecule has 0 aliphatic carbocycles. The summed E-state index contributed by atoms with van der Waals surface area (Å²) in [6.45, 7) is 5.03. The van der Waals surface area contributed by atoms with Gasteiger partial charge >= 0.3 is 0 Å². The maximum absolute atomic E-state index is 14.0. The van der Waals surface area contributed by atoms with Crippen molar-refractivity contribution in [1.29, 1.82) is 0 Å². The zero-order valence-electron chi connectivity index (χ0n) is 23.2. The highest BCUT2D eigenvalue weighted by Gasteiger charge is 2.34. The van der Waals surface area contributed by atoms with Crippen molar-refractivity contribution in [2.24, 2.45) is 0 Å². The van der Waals surface area contributed by atoms with Gasteiger partial charge in [-0.05, 0) is 73.9 Å². The molecule has 0 aliphatic rings. The minimum absolute atomic E-state index is 0.00656. The lowest BCUT2D eigenvalue weighted by atomic mass is 10.1. The first-order chi connectivity index (χ1) is 19.1. The lowest BCUT2D eigenvalue weighted by Crippen LogP contribution is -2.53. The van der Waals surface area contributed by atoms with Crippen LogP contribution >= 0.6 is 0 Å². The zero-order chi connectivity index (χ0) is 29.3. The second-order valence-electron chi connectivity index (χ2n) is 9.41. The van der Waals surface area contributed by atoms with E-state index in [2.05, 4.69) is 5.32 Å². The predicted octanol–water partition coefficient (Wildman–Crippen LogP) is 4.75. The van der Waals surface area contributed by atoms with E-state index in [4.69, 9.17) is 4.74 Å². The van der Waals surface area contributed by atoms with Crippen LogP contribution in [-0.2, 0) is 26.2 Å². The molecule has 0 spiro atoms. The second-order valence-corrected chi connectivity index (χ2v) is 11.3. The quantitative estimate of drug-likeness (QED) is 0.321. The average Bonchev–Trinajstić information content (AvgIpc) is 2.97. The van der Waals surface area contributed by atoms with E-state index in [0.717, 1.165) is 4.31 Å². The predicted molar refractivity (Wildman–Crippen MR) is 153 cm³/mol. The first-order valence-electron chi connectivity index (χ1n) is 13.2. The van der Waals surface area contributed by atoms with Crippen LogP contribution in [0.3, 0.4) is 0 Å². The van der Waals surface area contributed by atoms with Gasteiger partial charge in [0, 0.05) is 12.6 Å². The molecular formula is C30H36FN3O5S. The highest BCUT2D eigenvalue weighted by Crippen LogP contribution is 2.26. The molecule has 0 bridgehead atoms. The number of nitrogens with zero attached hydrogens (tertiary/aromatic N) is 2. The molecule has 0 aliphatic heterocycles. The zero-order valence-corrected chi connectivity index (χ0v) is 24.0. The van der Waals surface area contributed by atoms with Crippen LogP contribution in [0.4, 0.5) is 10.1 Å². The number of ether oxygens (including phenoxy) is 1. The van der Waals surface area contributed by atoms with E-state index in [-0.39, 0.29) is 29.1 Å². The lowest BCUT2D eigenvalue weighted by Gasteiger charge is -2.33. The molecule has 10 heteroatoms. The van der Waals surface area contributed by atoms with Gasteiger partial charge in [0.15, 0.2) is 0 Å². The van der Waals surface area contributed by atoms with Gasteiger partial charge in [-0.25, -0.2) is 12.8 Å². The Hall–Kier alpha value is -3.92. The summed E-state index contributed by atoms with van der Waals surface area (Å²) in [6, 6.07) is 18.8. The van der Waals surface area contributed by atoms with Crippen LogP contribution in [0.25, 0.3) is 0 Å². The summed E-state index contributed by atoms with van der Waals surface area (Å²) in [5, 5.41) is 2.93. The van der Waals surface area contributed by atoms with Crippen molar-refractivity contribution in [2.45, 2.75) is 57.1 Å². The molecular weight excluding hydrogens is 533 g/mol. The third kappa shape index (κ3) is 7.59. The fourth-order valence-electron chi connectivity index (χ4n) is 4.14. The Morgan fingerprint density at radius 3 is 2.10 bits per heavy atom. The first kappa shape index (κ1) is 30.6. The SMILES string of the molecule is CC[C@@H](C)NC(=O)[C@@H](CC)N(Cc1ccc(F)cc1)C(=O)CN(c1ccc(OC)cc1)S(=O)(=O)c1ccccc1. The molecule has 0 radical (unpaired) electrons. The van der Waals surface area contributed by atoms with Gasteiger partial charge in [-0.3, -0.25) is 13.9 Å². The standard InChI is InChI=1S/C30H36FN3O5S/c1-5-22(3)32-30(36)28(6-2)33(20-23-12-14-24(31)15-13-23)29(35)21-34(25-16-18-26(39-4)19-17-25)40(37,38)27-10-8-7-9-11-27/h7-19,22,28H,5-6,20-21H2,1-4H3,(H,32,36)/t22-,28-/m1/s1. The Morgan fingerprint density at radius 2 is 1.55 bits per heavy atom. The molecule has 3 rings (SSSR count). The molecule has 3 aromatic carbocycles. The van der Waals surface area contributed by atoms with E-state index in [1.54, 1.807) is 49.4 Å². The van der Waals surface area contributed by atoms with Crippen molar-refractivity contribution in [2.75, 3.05) is 18.0 Å². The largest absolute Gasteiger partial charge is 0.497 e. The molecule has 0 heterocycles. The van der Waals surface area contributed by atoms with Gasteiger partial charge in [-0.2, -0.15) is 0 Å². The Morgan fingerprint density at radius 1 is 0.925 bits per heavy atom. The monoisotopic (exact) mass is 569 g/mol. The Kier molecular flexibility index (Phi) is 10.7. The smallest absolute Gasteiger partial charge is 0.264 e. The number of methoxy groups -OCH3 is 1. The van der Waals surface area contributed by atoms with Crippen LogP contribution < -0.4 is 14.4 Å². The fraction of sp³-hybridized carbons (Fsp3) is 0.333. The topological polar surface area (TPSA) is 96.0 Å². The highest BCUT2D eigenvalue weighted by molar-refractivity contribution is 7.92. The van der Waals surface area contributed by atoms with Gasteiger partial charge in [-0.15, -0.1) is 0 Å². The number of anilines is 1. The molecule has 0 aromatic heterocycles. The molecule has 2 atom stereocenters. The summed E-state index contributed by atoms with van der Waals surface area (Å²) in [5.41, 5.74) is 0.864. The molecule has 3 aromatic rings. The maximum atomic E-state index is 14.0. The Labute approximate surface area is 235 Å². The number of nitrogens with one attached hydrogen (secondary N) is 1. The molecule has 0 fully saturated rings. The van der Waals surface area contributed by atoms with Crippen LogP contribution in [0, 0.1) is 5.82 Å². The third-order valence-corrected chi connectivity index (χ3v) is 8.41. The number of carbonyl (C=O) groups excluding carboxylic acids is 2. The Bertz CT molecular complexity index is 1370.